The van der Waals surface area contributed by atoms with E-state index in [1.54, 1.807) is 30.3 Å². The third kappa shape index (κ3) is 7.20. The smallest absolute Gasteiger partial charge is 0.408 e. The lowest BCUT2D eigenvalue weighted by atomic mass is 9.84. The van der Waals surface area contributed by atoms with Crippen molar-refractivity contribution in [2.45, 2.75) is 45.3 Å². The molecule has 0 fully saturated rings. The number of Topliss-reactive ketones (excluding diaryl/α,β-unsaturated/α-hetero) is 1. The predicted octanol–water partition coefficient (Wildman–Crippen LogP) is 3.86. The lowest BCUT2D eigenvalue weighted by molar-refractivity contribution is -0.150. The largest absolute Gasteiger partial charge is 0.463 e. The maximum atomic E-state index is 13.6. The van der Waals surface area contributed by atoms with Crippen LogP contribution in [-0.4, -0.2) is 36.5 Å². The van der Waals surface area contributed by atoms with Crippen LogP contribution in [0.4, 0.5) is 4.79 Å². The highest BCUT2D eigenvalue weighted by atomic mass is 16.6. The molecule has 0 bridgehead atoms. The molecule has 2 rings (SSSR count). The summed E-state index contributed by atoms with van der Waals surface area (Å²) in [5.74, 6) is -1.27. The number of ether oxygens (including phenoxy) is 2. The van der Waals surface area contributed by atoms with Crippen molar-refractivity contribution >= 4 is 17.8 Å². The van der Waals surface area contributed by atoms with Gasteiger partial charge in [0.1, 0.15) is 6.61 Å². The Morgan fingerprint density at radius 3 is 2.16 bits per heavy atom. The van der Waals surface area contributed by atoms with Crippen molar-refractivity contribution in [1.29, 1.82) is 0 Å². The third-order valence-electron chi connectivity index (χ3n) is 4.85. The number of carbonyl (C=O) groups is 3. The molecule has 0 spiro atoms. The van der Waals surface area contributed by atoms with E-state index >= 15 is 0 Å². The highest BCUT2D eigenvalue weighted by Gasteiger charge is 2.49. The van der Waals surface area contributed by atoms with Gasteiger partial charge in [0.25, 0.3) is 0 Å². The Balaban J connectivity index is 2.32. The molecule has 0 heterocycles. The molecule has 2 aromatic rings. The fourth-order valence-corrected chi connectivity index (χ4v) is 3.15. The van der Waals surface area contributed by atoms with E-state index in [0.29, 0.717) is 24.9 Å². The van der Waals surface area contributed by atoms with Gasteiger partial charge in [0.2, 0.25) is 5.54 Å². The average Bonchev–Trinajstić information content (AvgIpc) is 2.81. The highest BCUT2D eigenvalue weighted by molar-refractivity contribution is 6.17. The van der Waals surface area contributed by atoms with Gasteiger partial charge in [0.15, 0.2) is 5.78 Å². The molecule has 2 aromatic carbocycles. The van der Waals surface area contributed by atoms with E-state index in [-0.39, 0.29) is 25.6 Å². The second-order valence-corrected chi connectivity index (χ2v) is 8.03. The van der Waals surface area contributed by atoms with Crippen LogP contribution in [-0.2, 0) is 20.9 Å². The van der Waals surface area contributed by atoms with Gasteiger partial charge in [-0.1, -0.05) is 74.5 Å². The number of nitrogens with one attached hydrogen (secondary N) is 1. The van der Waals surface area contributed by atoms with E-state index < -0.39 is 23.4 Å². The summed E-state index contributed by atoms with van der Waals surface area (Å²) in [6, 6.07) is 17.5. The molecule has 0 saturated carbocycles. The molecule has 7 nitrogen and oxygen atoms in total. The Bertz CT molecular complexity index is 870. The van der Waals surface area contributed by atoms with Gasteiger partial charge in [0, 0.05) is 5.56 Å². The molecule has 7 heteroatoms. The highest BCUT2D eigenvalue weighted by Crippen LogP contribution is 2.24. The van der Waals surface area contributed by atoms with Crippen LogP contribution in [0.15, 0.2) is 60.7 Å². The van der Waals surface area contributed by atoms with E-state index in [1.165, 1.54) is 0 Å². The topological polar surface area (TPSA) is 108 Å². The molecule has 0 aliphatic carbocycles. The van der Waals surface area contributed by atoms with Gasteiger partial charge < -0.3 is 15.2 Å². The van der Waals surface area contributed by atoms with Gasteiger partial charge in [-0.15, -0.1) is 0 Å². The Labute approximate surface area is 189 Å². The van der Waals surface area contributed by atoms with E-state index in [9.17, 15) is 14.4 Å². The zero-order chi connectivity index (χ0) is 23.4. The molecular weight excluding hydrogens is 408 g/mol. The number of esters is 1. The molecule has 172 valence electrons. The number of hydrogen-bond donors (Lipinski definition) is 2. The van der Waals surface area contributed by atoms with Gasteiger partial charge in [0.05, 0.1) is 6.61 Å². The first-order valence-corrected chi connectivity index (χ1v) is 10.8. The maximum absolute atomic E-state index is 13.6. The number of alkyl carbamates (subject to hydrolysis) is 1. The van der Waals surface area contributed by atoms with E-state index in [0.717, 1.165) is 5.56 Å². The van der Waals surface area contributed by atoms with Crippen LogP contribution in [0.1, 0.15) is 49.0 Å². The van der Waals surface area contributed by atoms with Crippen LogP contribution in [0.25, 0.3) is 0 Å². The number of unbranched alkanes of at least 4 members (excludes halogenated alkanes) is 1. The Kier molecular flexibility index (Phi) is 9.88. The van der Waals surface area contributed by atoms with Crippen molar-refractivity contribution in [2.24, 2.45) is 11.7 Å². The fraction of sp³-hybridized carbons (Fsp3) is 0.400. The van der Waals surface area contributed by atoms with Crippen LogP contribution in [0, 0.1) is 5.92 Å². The molecule has 0 aliphatic heterocycles. The third-order valence-corrected chi connectivity index (χ3v) is 4.85. The van der Waals surface area contributed by atoms with Gasteiger partial charge >= 0.3 is 12.1 Å². The summed E-state index contributed by atoms with van der Waals surface area (Å²) in [7, 11) is 0. The minimum Gasteiger partial charge on any atom is -0.463 e. The van der Waals surface area contributed by atoms with Crippen molar-refractivity contribution in [2.75, 3.05) is 13.2 Å². The molecule has 0 aliphatic rings. The fourth-order valence-electron chi connectivity index (χ4n) is 3.15. The normalized spacial score (nSPS) is 12.6. The van der Waals surface area contributed by atoms with Gasteiger partial charge in [-0.2, -0.15) is 0 Å². The molecule has 3 N–H and O–H groups in total. The molecule has 0 saturated heterocycles. The number of rotatable bonds is 12. The van der Waals surface area contributed by atoms with Crippen molar-refractivity contribution < 1.29 is 23.9 Å². The first kappa shape index (κ1) is 25.1. The monoisotopic (exact) mass is 440 g/mol. The van der Waals surface area contributed by atoms with Crippen molar-refractivity contribution in [3.8, 4) is 0 Å². The molecular formula is C25H32N2O5. The lowest BCUT2D eigenvalue weighted by Gasteiger charge is -2.31. The second kappa shape index (κ2) is 12.6. The number of hydrogen-bond acceptors (Lipinski definition) is 6. The summed E-state index contributed by atoms with van der Waals surface area (Å²) in [4.78, 5) is 39.5. The van der Waals surface area contributed by atoms with Crippen LogP contribution in [0.3, 0.4) is 0 Å². The minimum atomic E-state index is -1.90. The zero-order valence-electron chi connectivity index (χ0n) is 18.7. The molecule has 0 radical (unpaired) electrons. The van der Waals surface area contributed by atoms with Gasteiger partial charge in [-0.25, -0.2) is 9.59 Å². The molecule has 1 amide bonds. The van der Waals surface area contributed by atoms with Gasteiger partial charge in [-0.05, 0) is 37.3 Å². The van der Waals surface area contributed by atoms with E-state index in [4.69, 9.17) is 15.2 Å². The summed E-state index contributed by atoms with van der Waals surface area (Å²) in [5, 5.41) is 2.56. The van der Waals surface area contributed by atoms with Crippen LogP contribution in [0.5, 0.6) is 0 Å². The SMILES string of the molecule is CC(C)COC(=O)[C@](CCCCN)(NC(=O)OCc1ccccc1)C(=O)c1ccccc1. The van der Waals surface area contributed by atoms with Crippen molar-refractivity contribution in [3.63, 3.8) is 0 Å². The van der Waals surface area contributed by atoms with Crippen LogP contribution in [0.2, 0.25) is 0 Å². The Morgan fingerprint density at radius 2 is 1.56 bits per heavy atom. The Morgan fingerprint density at radius 1 is 0.938 bits per heavy atom. The van der Waals surface area contributed by atoms with Crippen LogP contribution >= 0.6 is 0 Å². The number of ketones is 1. The van der Waals surface area contributed by atoms with E-state index in [2.05, 4.69) is 5.32 Å². The first-order chi connectivity index (χ1) is 15.4. The Hall–Kier alpha value is -3.19. The summed E-state index contributed by atoms with van der Waals surface area (Å²) in [6.45, 7) is 4.31. The van der Waals surface area contributed by atoms with Gasteiger partial charge in [-0.3, -0.25) is 10.1 Å². The average molecular weight is 441 g/mol. The second-order valence-electron chi connectivity index (χ2n) is 8.03. The molecule has 32 heavy (non-hydrogen) atoms. The lowest BCUT2D eigenvalue weighted by Crippen LogP contribution is -2.61. The summed E-state index contributed by atoms with van der Waals surface area (Å²) in [5.41, 5.74) is 4.80. The first-order valence-electron chi connectivity index (χ1n) is 10.8. The summed E-state index contributed by atoms with van der Waals surface area (Å²) in [6.07, 6.45) is 0.217. The predicted molar refractivity (Wildman–Crippen MR) is 122 cm³/mol. The number of carbonyl (C=O) groups excluding carboxylic acids is 3. The molecule has 0 aromatic heterocycles. The number of amides is 1. The number of benzene rings is 2. The van der Waals surface area contributed by atoms with Crippen molar-refractivity contribution in [3.05, 3.63) is 71.8 Å². The minimum absolute atomic E-state index is 0.00607. The number of nitrogens with two attached hydrogens (primary N) is 1. The summed E-state index contributed by atoms with van der Waals surface area (Å²) >= 11 is 0. The quantitative estimate of drug-likeness (QED) is 0.225. The standard InChI is InChI=1S/C25H32N2O5/c1-19(2)17-31-23(29)25(15-9-10-16-26,22(28)21-13-7-4-8-14-21)27-24(30)32-18-20-11-5-3-6-12-20/h3-8,11-14,19H,9-10,15-18,26H2,1-2H3,(H,27,30)/t25-/m1/s1. The zero-order valence-corrected chi connectivity index (χ0v) is 18.7. The van der Waals surface area contributed by atoms with E-state index in [1.807, 2.05) is 44.2 Å². The summed E-state index contributed by atoms with van der Waals surface area (Å²) < 4.78 is 10.8. The maximum Gasteiger partial charge on any atom is 0.408 e. The molecule has 1 atom stereocenters. The van der Waals surface area contributed by atoms with Crippen LogP contribution < -0.4 is 11.1 Å². The molecule has 0 unspecified atom stereocenters. The van der Waals surface area contributed by atoms with Crippen molar-refractivity contribution in [1.82, 2.24) is 5.32 Å².